The summed E-state index contributed by atoms with van der Waals surface area (Å²) in [7, 11) is 0. The van der Waals surface area contributed by atoms with E-state index in [4.69, 9.17) is 28.5 Å². The summed E-state index contributed by atoms with van der Waals surface area (Å²) in [6, 6.07) is 17.2. The van der Waals surface area contributed by atoms with Crippen LogP contribution in [0.25, 0.3) is 0 Å². The Bertz CT molecular complexity index is 1010. The number of nitrogens with zero attached hydrogens (tertiary/aromatic N) is 2. The normalized spacial score (nSPS) is 10.0. The largest absolute Gasteiger partial charge is 0.355 e. The maximum absolute atomic E-state index is 12.4. The number of nitrogens with one attached hydrogen (secondary N) is 2. The third-order valence-electron chi connectivity index (χ3n) is 3.45. The highest BCUT2D eigenvalue weighted by Gasteiger charge is 2.09. The highest BCUT2D eigenvalue weighted by Crippen LogP contribution is 2.27. The standard InChI is InChI=1S/C19H12Cl2N4O/c20-16-5-4-14(9-17(16)21)24-15-6-7-23-18(10-15)19(26)25-13-3-1-2-12(8-13)11-22/h1-10H,(H,23,24)(H,25,26). The third-order valence-corrected chi connectivity index (χ3v) is 4.19. The number of aromatic nitrogens is 1. The minimum atomic E-state index is -0.377. The molecule has 0 radical (unpaired) electrons. The Balaban J connectivity index is 1.76. The Morgan fingerprint density at radius 1 is 0.962 bits per heavy atom. The Hall–Kier alpha value is -3.07. The van der Waals surface area contributed by atoms with Crippen molar-refractivity contribution in [3.63, 3.8) is 0 Å². The second-order valence-corrected chi connectivity index (χ2v) is 6.14. The number of rotatable bonds is 4. The van der Waals surface area contributed by atoms with Crippen LogP contribution in [0.5, 0.6) is 0 Å². The van der Waals surface area contributed by atoms with Crippen molar-refractivity contribution in [3.05, 3.63) is 82.1 Å². The molecule has 128 valence electrons. The third kappa shape index (κ3) is 4.31. The van der Waals surface area contributed by atoms with E-state index >= 15 is 0 Å². The molecule has 1 aromatic heterocycles. The molecule has 0 fully saturated rings. The van der Waals surface area contributed by atoms with Gasteiger partial charge in [0.1, 0.15) is 5.69 Å². The first-order chi connectivity index (χ1) is 12.5. The zero-order valence-electron chi connectivity index (χ0n) is 13.3. The fourth-order valence-corrected chi connectivity index (χ4v) is 2.53. The molecule has 1 heterocycles. The van der Waals surface area contributed by atoms with Gasteiger partial charge < -0.3 is 10.6 Å². The molecule has 1 amide bonds. The monoisotopic (exact) mass is 382 g/mol. The molecule has 0 aliphatic heterocycles. The van der Waals surface area contributed by atoms with Crippen LogP contribution in [0, 0.1) is 11.3 Å². The lowest BCUT2D eigenvalue weighted by molar-refractivity contribution is 0.102. The van der Waals surface area contributed by atoms with Gasteiger partial charge in [0.05, 0.1) is 21.7 Å². The molecule has 5 nitrogen and oxygen atoms in total. The number of amides is 1. The van der Waals surface area contributed by atoms with Gasteiger partial charge in [-0.3, -0.25) is 9.78 Å². The summed E-state index contributed by atoms with van der Waals surface area (Å²) < 4.78 is 0. The van der Waals surface area contributed by atoms with E-state index in [9.17, 15) is 4.79 Å². The number of benzene rings is 2. The topological polar surface area (TPSA) is 77.8 Å². The number of carbonyl (C=O) groups is 1. The smallest absolute Gasteiger partial charge is 0.274 e. The highest BCUT2D eigenvalue weighted by molar-refractivity contribution is 6.42. The van der Waals surface area contributed by atoms with Gasteiger partial charge in [-0.1, -0.05) is 29.3 Å². The number of halogens is 2. The van der Waals surface area contributed by atoms with E-state index in [0.29, 0.717) is 27.0 Å². The van der Waals surface area contributed by atoms with Crippen LogP contribution in [-0.2, 0) is 0 Å². The summed E-state index contributed by atoms with van der Waals surface area (Å²) >= 11 is 11.9. The second-order valence-electron chi connectivity index (χ2n) is 5.33. The molecule has 0 saturated heterocycles. The average molecular weight is 383 g/mol. The number of anilines is 3. The minimum absolute atomic E-state index is 0.234. The summed E-state index contributed by atoms with van der Waals surface area (Å²) in [5.41, 5.74) is 2.63. The van der Waals surface area contributed by atoms with Gasteiger partial charge in [0.25, 0.3) is 5.91 Å². The van der Waals surface area contributed by atoms with Gasteiger partial charge in [-0.15, -0.1) is 0 Å². The number of hydrogen-bond donors (Lipinski definition) is 2. The highest BCUT2D eigenvalue weighted by atomic mass is 35.5. The minimum Gasteiger partial charge on any atom is -0.355 e. The molecule has 0 spiro atoms. The summed E-state index contributed by atoms with van der Waals surface area (Å²) in [5.74, 6) is -0.377. The number of hydrogen-bond acceptors (Lipinski definition) is 4. The molecule has 2 aromatic carbocycles. The molecule has 0 aliphatic rings. The van der Waals surface area contributed by atoms with Gasteiger partial charge in [-0.25, -0.2) is 0 Å². The molecule has 26 heavy (non-hydrogen) atoms. The molecule has 0 unspecified atom stereocenters. The lowest BCUT2D eigenvalue weighted by atomic mass is 10.2. The fraction of sp³-hybridized carbons (Fsp3) is 0. The van der Waals surface area contributed by atoms with Crippen LogP contribution in [0.1, 0.15) is 16.1 Å². The molecule has 0 atom stereocenters. The van der Waals surface area contributed by atoms with Crippen LogP contribution in [0.3, 0.4) is 0 Å². The zero-order valence-corrected chi connectivity index (χ0v) is 14.8. The van der Waals surface area contributed by atoms with E-state index in [2.05, 4.69) is 15.6 Å². The van der Waals surface area contributed by atoms with Crippen LogP contribution >= 0.6 is 23.2 Å². The summed E-state index contributed by atoms with van der Waals surface area (Å²) in [5, 5.41) is 15.7. The Morgan fingerprint density at radius 2 is 1.77 bits per heavy atom. The lowest BCUT2D eigenvalue weighted by Gasteiger charge is -2.09. The van der Waals surface area contributed by atoms with Crippen molar-refractivity contribution in [1.82, 2.24) is 4.98 Å². The van der Waals surface area contributed by atoms with Crippen LogP contribution < -0.4 is 10.6 Å². The van der Waals surface area contributed by atoms with Crippen molar-refractivity contribution in [2.45, 2.75) is 0 Å². The molecule has 0 bridgehead atoms. The van der Waals surface area contributed by atoms with Crippen LogP contribution in [-0.4, -0.2) is 10.9 Å². The second kappa shape index (κ2) is 7.87. The van der Waals surface area contributed by atoms with Crippen LogP contribution in [0.4, 0.5) is 17.1 Å². The SMILES string of the molecule is N#Cc1cccc(NC(=O)c2cc(Nc3ccc(Cl)c(Cl)c3)ccn2)c1. The van der Waals surface area contributed by atoms with Crippen molar-refractivity contribution < 1.29 is 4.79 Å². The maximum Gasteiger partial charge on any atom is 0.274 e. The van der Waals surface area contributed by atoms with Crippen molar-refractivity contribution >= 4 is 46.2 Å². The molecule has 0 saturated carbocycles. The number of carbonyl (C=O) groups excluding carboxylic acids is 1. The van der Waals surface area contributed by atoms with Crippen molar-refractivity contribution in [3.8, 4) is 6.07 Å². The fourth-order valence-electron chi connectivity index (χ4n) is 2.23. The Labute approximate surface area is 160 Å². The van der Waals surface area contributed by atoms with E-state index < -0.39 is 0 Å². The molecular weight excluding hydrogens is 371 g/mol. The van der Waals surface area contributed by atoms with Crippen LogP contribution in [0.2, 0.25) is 10.0 Å². The summed E-state index contributed by atoms with van der Waals surface area (Å²) in [6.07, 6.45) is 1.53. The summed E-state index contributed by atoms with van der Waals surface area (Å²) in [4.78, 5) is 16.5. The first-order valence-corrected chi connectivity index (χ1v) is 8.30. The Kier molecular flexibility index (Phi) is 5.37. The molecule has 3 aromatic rings. The first-order valence-electron chi connectivity index (χ1n) is 7.55. The Morgan fingerprint density at radius 3 is 2.54 bits per heavy atom. The van der Waals surface area contributed by atoms with Crippen molar-refractivity contribution in [1.29, 1.82) is 5.26 Å². The van der Waals surface area contributed by atoms with E-state index in [1.54, 1.807) is 54.6 Å². The van der Waals surface area contributed by atoms with Crippen LogP contribution in [0.15, 0.2) is 60.8 Å². The number of nitriles is 1. The maximum atomic E-state index is 12.4. The van der Waals surface area contributed by atoms with Gasteiger partial charge in [-0.05, 0) is 48.5 Å². The molecule has 0 aliphatic carbocycles. The van der Waals surface area contributed by atoms with Gasteiger partial charge in [0.2, 0.25) is 0 Å². The predicted octanol–water partition coefficient (Wildman–Crippen LogP) is 5.26. The molecule has 2 N–H and O–H groups in total. The van der Waals surface area contributed by atoms with E-state index in [1.165, 1.54) is 6.20 Å². The van der Waals surface area contributed by atoms with E-state index in [1.807, 2.05) is 6.07 Å². The first kappa shape index (κ1) is 17.7. The molecule has 7 heteroatoms. The van der Waals surface area contributed by atoms with Gasteiger partial charge >= 0.3 is 0 Å². The lowest BCUT2D eigenvalue weighted by Crippen LogP contribution is -2.13. The number of pyridine rings is 1. The quantitative estimate of drug-likeness (QED) is 0.645. The van der Waals surface area contributed by atoms with E-state index in [0.717, 1.165) is 5.69 Å². The van der Waals surface area contributed by atoms with Crippen molar-refractivity contribution in [2.24, 2.45) is 0 Å². The van der Waals surface area contributed by atoms with E-state index in [-0.39, 0.29) is 11.6 Å². The predicted molar refractivity (Wildman–Crippen MR) is 103 cm³/mol. The molecule has 3 rings (SSSR count). The van der Waals surface area contributed by atoms with Gasteiger partial charge in [0, 0.05) is 23.3 Å². The summed E-state index contributed by atoms with van der Waals surface area (Å²) in [6.45, 7) is 0. The van der Waals surface area contributed by atoms with Crippen molar-refractivity contribution in [2.75, 3.05) is 10.6 Å². The van der Waals surface area contributed by atoms with Gasteiger partial charge in [-0.2, -0.15) is 5.26 Å². The van der Waals surface area contributed by atoms with Gasteiger partial charge in [0.15, 0.2) is 0 Å². The zero-order chi connectivity index (χ0) is 18.5. The molecular formula is C19H12Cl2N4O. The average Bonchev–Trinajstić information content (AvgIpc) is 2.65.